The molecule has 4 aromatic carbocycles. The van der Waals surface area contributed by atoms with Crippen LogP contribution in [0.25, 0.3) is 0 Å². The standard InChI is InChI=1S/C84H160O4Si12/c1-89(2,3)81(90(4,5)6,91(7,8)9)57-37-41-61-85-77-69-49-45-50-70(77)66-72-52-47-54-74(79(72)87-63-43-39-59-83(95(19,20)21,96(22,23)24)97(25,26)27)68-76-56-48-55-75(80(76)88-64-44-40-60-84(98(28,29)30,99(31,32)33)100(34,35)36)67-73-53-46-51-71(65-69)78(73)86-62-42-38-58-82(92(10,11)12,93(13,14)15)94(16,17)18/h45-56H,37-44,57-68H2,1-36H3. The number of ether oxygens (including phenoxy) is 4. The second kappa shape index (κ2) is 32.9. The van der Waals surface area contributed by atoms with Crippen LogP contribution in [0.5, 0.6) is 23.0 Å². The quantitative estimate of drug-likeness (QED) is 0.0296. The lowest BCUT2D eigenvalue weighted by Crippen LogP contribution is -2.65. The van der Waals surface area contributed by atoms with Gasteiger partial charge in [0, 0.05) is 123 Å². The van der Waals surface area contributed by atoms with Crippen LogP contribution < -0.4 is 18.9 Å². The lowest BCUT2D eigenvalue weighted by Gasteiger charge is -2.59. The summed E-state index contributed by atoms with van der Waals surface area (Å²) in [5.74, 6) is 4.25. The SMILES string of the molecule is C[Si](C)(C)C(CCCCOc1c2cccc1Cc1cccc(c1OCCCCC([Si](C)(C)C)([Si](C)(C)C)[Si](C)(C)C)Cc1cccc(c1OCCCCC([Si](C)(C)C)([Si](C)(C)C)[Si](C)(C)C)Cc1cccc(c1OCCCCC([Si](C)(C)C)([Si](C)(C)C)[Si](C)(C)C)C2)([Si](C)(C)C)[Si](C)(C)C. The van der Waals surface area contributed by atoms with E-state index in [0.29, 0.717) is 43.6 Å². The highest BCUT2D eigenvalue weighted by Gasteiger charge is 2.62. The average molecular weight is 1570 g/mol. The molecule has 0 amide bonds. The zero-order valence-electron chi connectivity index (χ0n) is 72.7. The number of hydrogen-bond donors (Lipinski definition) is 0. The maximum atomic E-state index is 7.50. The van der Waals surface area contributed by atoms with Crippen molar-refractivity contribution in [1.82, 2.24) is 0 Å². The molecule has 4 aromatic rings. The van der Waals surface area contributed by atoms with Crippen molar-refractivity contribution in [3.05, 3.63) is 117 Å². The zero-order valence-corrected chi connectivity index (χ0v) is 84.7. The summed E-state index contributed by atoms with van der Waals surface area (Å²) in [4.78, 5) is 0. The van der Waals surface area contributed by atoms with E-state index in [4.69, 9.17) is 18.9 Å². The first-order valence-corrected chi connectivity index (χ1v) is 82.2. The van der Waals surface area contributed by atoms with Gasteiger partial charge in [-0.15, -0.1) is 0 Å². The lowest BCUT2D eigenvalue weighted by atomic mass is 9.91. The van der Waals surface area contributed by atoms with Crippen LogP contribution >= 0.6 is 0 Å². The zero-order chi connectivity index (χ0) is 76.4. The Kier molecular flexibility index (Phi) is 29.4. The summed E-state index contributed by atoms with van der Waals surface area (Å²) in [6, 6.07) is 28.3. The molecule has 0 spiro atoms. The summed E-state index contributed by atoms with van der Waals surface area (Å²) in [6.45, 7) is 99.9. The normalized spacial score (nSPS) is 15.1. The Morgan fingerprint density at radius 3 is 0.430 bits per heavy atom. The predicted molar refractivity (Wildman–Crippen MR) is 485 cm³/mol. The van der Waals surface area contributed by atoms with Gasteiger partial charge >= 0.3 is 0 Å². The molecule has 8 bridgehead atoms. The topological polar surface area (TPSA) is 36.9 Å². The molecule has 568 valence electrons. The summed E-state index contributed by atoms with van der Waals surface area (Å²) >= 11 is 0. The van der Waals surface area contributed by atoms with Gasteiger partial charge in [0.2, 0.25) is 0 Å². The van der Waals surface area contributed by atoms with Crippen LogP contribution in [0.1, 0.15) is 122 Å². The molecule has 0 aromatic heterocycles. The van der Waals surface area contributed by atoms with Gasteiger partial charge in [-0.05, 0) is 87.3 Å². The van der Waals surface area contributed by atoms with E-state index in [9.17, 15) is 0 Å². The second-order valence-corrected chi connectivity index (χ2v) is 114. The van der Waals surface area contributed by atoms with Gasteiger partial charge in [0.05, 0.1) is 26.4 Å². The van der Waals surface area contributed by atoms with Crippen molar-refractivity contribution < 1.29 is 18.9 Å². The van der Waals surface area contributed by atoms with E-state index in [1.54, 1.807) is 0 Å². The fourth-order valence-corrected chi connectivity index (χ4v) is 145. The molecule has 0 saturated heterocycles. The molecule has 100 heavy (non-hydrogen) atoms. The van der Waals surface area contributed by atoms with Crippen molar-refractivity contribution >= 4 is 96.9 Å². The van der Waals surface area contributed by atoms with Crippen LogP contribution in [-0.4, -0.2) is 123 Å². The Balaban J connectivity index is 1.72. The first-order valence-electron chi connectivity index (χ1n) is 40.2. The molecule has 0 atom stereocenters. The van der Waals surface area contributed by atoms with Crippen molar-refractivity contribution in [3.63, 3.8) is 0 Å². The molecule has 0 heterocycles. The molecule has 0 N–H and O–H groups in total. The Labute approximate surface area is 633 Å². The monoisotopic (exact) mass is 1570 g/mol. The van der Waals surface area contributed by atoms with Gasteiger partial charge in [-0.2, -0.15) is 0 Å². The fraction of sp³-hybridized carbons (Fsp3) is 0.714. The molecular formula is C84H160O4Si12. The van der Waals surface area contributed by atoms with Crippen LogP contribution in [0.3, 0.4) is 0 Å². The lowest BCUT2D eigenvalue weighted by molar-refractivity contribution is 0.293. The number of rotatable bonds is 36. The Morgan fingerprint density at radius 1 is 0.200 bits per heavy atom. The number of para-hydroxylation sites is 4. The highest BCUT2D eigenvalue weighted by atomic mass is 28.5. The smallest absolute Gasteiger partial charge is 0.126 e. The van der Waals surface area contributed by atoms with E-state index in [1.807, 2.05) is 0 Å². The first-order chi connectivity index (χ1) is 45.2. The van der Waals surface area contributed by atoms with Crippen molar-refractivity contribution in [3.8, 4) is 23.0 Å². The van der Waals surface area contributed by atoms with Crippen LogP contribution in [0, 0.1) is 0 Å². The number of unbranched alkanes of at least 4 members (excludes halogenated alkanes) is 4. The largest absolute Gasteiger partial charge is 0.493 e. The minimum absolute atomic E-state index is 0.524. The maximum absolute atomic E-state index is 7.50. The van der Waals surface area contributed by atoms with Gasteiger partial charge in [0.15, 0.2) is 0 Å². The molecule has 0 aliphatic heterocycles. The third kappa shape index (κ3) is 19.2. The van der Waals surface area contributed by atoms with Crippen LogP contribution in [-0.2, 0) is 25.7 Å². The fourth-order valence-electron chi connectivity index (χ4n) is 25.9. The van der Waals surface area contributed by atoms with E-state index in [-0.39, 0.29) is 0 Å². The van der Waals surface area contributed by atoms with Crippen molar-refractivity contribution in [2.75, 3.05) is 26.4 Å². The summed E-state index contributed by atoms with van der Waals surface area (Å²) < 4.78 is 32.1. The van der Waals surface area contributed by atoms with Crippen LogP contribution in [0.15, 0.2) is 72.8 Å². The Hall–Kier alpha value is -1.32. The second-order valence-electron chi connectivity index (χ2n) is 44.2. The first kappa shape index (κ1) is 89.3. The van der Waals surface area contributed by atoms with Crippen molar-refractivity contribution in [2.45, 2.75) is 356 Å². The van der Waals surface area contributed by atoms with Crippen molar-refractivity contribution in [2.24, 2.45) is 0 Å². The third-order valence-corrected chi connectivity index (χ3v) is 114. The van der Waals surface area contributed by atoms with Gasteiger partial charge in [0.25, 0.3) is 0 Å². The van der Waals surface area contributed by atoms with Crippen LogP contribution in [0.4, 0.5) is 0 Å². The van der Waals surface area contributed by atoms with Gasteiger partial charge in [-0.3, -0.25) is 0 Å². The summed E-state index contributed by atoms with van der Waals surface area (Å²) in [5.41, 5.74) is 9.99. The minimum Gasteiger partial charge on any atom is -0.493 e. The number of benzene rings is 4. The van der Waals surface area contributed by atoms with E-state index in [1.165, 1.54) is 95.9 Å². The summed E-state index contributed by atoms with van der Waals surface area (Å²) in [7, 11) is -18.5. The molecule has 16 heteroatoms. The predicted octanol–water partition coefficient (Wildman–Crippen LogP) is 27.9. The minimum atomic E-state index is -1.54. The maximum Gasteiger partial charge on any atom is 0.126 e. The van der Waals surface area contributed by atoms with Gasteiger partial charge in [-0.25, -0.2) is 0 Å². The third-order valence-electron chi connectivity index (χ3n) is 26.4. The summed E-state index contributed by atoms with van der Waals surface area (Å²) in [5, 5.41) is 0. The Morgan fingerprint density at radius 2 is 0.320 bits per heavy atom. The van der Waals surface area contributed by atoms with E-state index in [0.717, 1.165) is 74.4 Å². The number of hydrogen-bond acceptors (Lipinski definition) is 4. The molecule has 5 rings (SSSR count). The molecule has 1 aliphatic carbocycles. The molecule has 0 saturated carbocycles. The molecule has 1 aliphatic rings. The van der Waals surface area contributed by atoms with Gasteiger partial charge < -0.3 is 18.9 Å². The Bertz CT molecular complexity index is 2620. The molecule has 0 radical (unpaired) electrons. The molecule has 0 fully saturated rings. The molecular weight excluding hydrogens is 1410 g/mol. The molecule has 4 nitrogen and oxygen atoms in total. The number of fused-ring (bicyclic) bond motifs is 8. The highest BCUT2D eigenvalue weighted by Crippen LogP contribution is 2.61. The van der Waals surface area contributed by atoms with E-state index >= 15 is 0 Å². The van der Waals surface area contributed by atoms with Crippen molar-refractivity contribution in [1.29, 1.82) is 0 Å². The highest BCUT2D eigenvalue weighted by molar-refractivity contribution is 7.17. The molecule has 0 unspecified atom stereocenters. The van der Waals surface area contributed by atoms with E-state index in [2.05, 4.69) is 308 Å². The van der Waals surface area contributed by atoms with Gasteiger partial charge in [0.1, 0.15) is 23.0 Å². The average Bonchev–Trinajstić information content (AvgIpc) is 0.747. The van der Waals surface area contributed by atoms with Crippen LogP contribution in [0.2, 0.25) is 253 Å². The summed E-state index contributed by atoms with van der Waals surface area (Å²) in [6.07, 6.45) is 17.4. The van der Waals surface area contributed by atoms with Gasteiger partial charge in [-0.1, -0.05) is 360 Å². The van der Waals surface area contributed by atoms with E-state index < -0.39 is 96.9 Å².